The Kier molecular flexibility index (Phi) is 3.83. The van der Waals surface area contributed by atoms with Crippen molar-refractivity contribution in [1.82, 2.24) is 14.8 Å². The van der Waals surface area contributed by atoms with E-state index in [4.69, 9.17) is 5.73 Å². The summed E-state index contributed by atoms with van der Waals surface area (Å²) in [7, 11) is 0. The number of hydrogen-bond acceptors (Lipinski definition) is 5. The standard InChI is InChI=1S/C20H22N4O2/c1-11(2)14-9-15(18(26)10-17(14)25)20-22-19-5-3-4-12-8-13(21)6-7-16(12)24(19)23-20/h6-11,25-26H,3-5,21H2,1-2H3. The van der Waals surface area contributed by atoms with Gasteiger partial charge in [0.25, 0.3) is 0 Å². The highest BCUT2D eigenvalue weighted by Gasteiger charge is 2.21. The van der Waals surface area contributed by atoms with Crippen LogP contribution in [-0.4, -0.2) is 25.0 Å². The highest BCUT2D eigenvalue weighted by atomic mass is 16.3. The van der Waals surface area contributed by atoms with Crippen LogP contribution in [-0.2, 0) is 12.8 Å². The van der Waals surface area contributed by atoms with Crippen LogP contribution in [0.5, 0.6) is 11.5 Å². The summed E-state index contributed by atoms with van der Waals surface area (Å²) in [4.78, 5) is 4.67. The predicted octanol–water partition coefficient (Wildman–Crippen LogP) is 3.54. The smallest absolute Gasteiger partial charge is 0.185 e. The minimum atomic E-state index is -0.0230. The van der Waals surface area contributed by atoms with Gasteiger partial charge in [-0.25, -0.2) is 9.67 Å². The lowest BCUT2D eigenvalue weighted by Gasteiger charge is -2.11. The third-order valence-electron chi connectivity index (χ3n) is 4.86. The van der Waals surface area contributed by atoms with Crippen LogP contribution in [0.2, 0.25) is 0 Å². The number of nitrogens with two attached hydrogens (primary N) is 1. The van der Waals surface area contributed by atoms with Gasteiger partial charge in [0.1, 0.15) is 17.3 Å². The van der Waals surface area contributed by atoms with Crippen molar-refractivity contribution < 1.29 is 10.2 Å². The molecule has 6 nitrogen and oxygen atoms in total. The number of fused-ring (bicyclic) bond motifs is 3. The Morgan fingerprint density at radius 2 is 1.88 bits per heavy atom. The molecule has 0 saturated heterocycles. The zero-order chi connectivity index (χ0) is 18.4. The van der Waals surface area contributed by atoms with Crippen LogP contribution in [0, 0.1) is 0 Å². The fourth-order valence-electron chi connectivity index (χ4n) is 3.50. The largest absolute Gasteiger partial charge is 0.508 e. The van der Waals surface area contributed by atoms with Crippen molar-refractivity contribution in [2.45, 2.75) is 39.0 Å². The average molecular weight is 350 g/mol. The van der Waals surface area contributed by atoms with Crippen LogP contribution in [0.4, 0.5) is 5.69 Å². The number of aromatic hydroxyl groups is 2. The van der Waals surface area contributed by atoms with E-state index in [0.717, 1.165) is 47.6 Å². The van der Waals surface area contributed by atoms with Crippen LogP contribution in [0.25, 0.3) is 17.1 Å². The topological polar surface area (TPSA) is 97.2 Å². The van der Waals surface area contributed by atoms with Gasteiger partial charge in [0.15, 0.2) is 5.82 Å². The maximum Gasteiger partial charge on any atom is 0.185 e. The van der Waals surface area contributed by atoms with Gasteiger partial charge in [0.05, 0.1) is 11.3 Å². The second-order valence-electron chi connectivity index (χ2n) is 7.09. The second kappa shape index (κ2) is 6.05. The van der Waals surface area contributed by atoms with Gasteiger partial charge in [-0.3, -0.25) is 0 Å². The first-order valence-electron chi connectivity index (χ1n) is 8.85. The molecule has 0 saturated carbocycles. The Bertz CT molecular complexity index is 992. The lowest BCUT2D eigenvalue weighted by atomic mass is 9.98. The van der Waals surface area contributed by atoms with Gasteiger partial charge < -0.3 is 15.9 Å². The van der Waals surface area contributed by atoms with E-state index in [1.165, 1.54) is 6.07 Å². The van der Waals surface area contributed by atoms with Crippen molar-refractivity contribution in [3.8, 4) is 28.6 Å². The van der Waals surface area contributed by atoms with Crippen LogP contribution in [0.1, 0.15) is 43.1 Å². The molecule has 1 aliphatic rings. The van der Waals surface area contributed by atoms with Crippen molar-refractivity contribution in [2.24, 2.45) is 0 Å². The number of phenols is 2. The molecule has 0 radical (unpaired) electrons. The first-order chi connectivity index (χ1) is 12.4. The van der Waals surface area contributed by atoms with Crippen LogP contribution < -0.4 is 5.73 Å². The van der Waals surface area contributed by atoms with E-state index < -0.39 is 0 Å². The van der Waals surface area contributed by atoms with E-state index in [0.29, 0.717) is 11.4 Å². The van der Waals surface area contributed by atoms with Crippen molar-refractivity contribution in [3.63, 3.8) is 0 Å². The summed E-state index contributed by atoms with van der Waals surface area (Å²) in [5, 5.41) is 25.1. The summed E-state index contributed by atoms with van der Waals surface area (Å²) in [6, 6.07) is 8.96. The van der Waals surface area contributed by atoms with Crippen LogP contribution in [0.15, 0.2) is 30.3 Å². The molecule has 0 unspecified atom stereocenters. The number of anilines is 1. The van der Waals surface area contributed by atoms with Crippen molar-refractivity contribution in [2.75, 3.05) is 5.73 Å². The predicted molar refractivity (Wildman–Crippen MR) is 101 cm³/mol. The lowest BCUT2D eigenvalue weighted by Crippen LogP contribution is -2.03. The van der Waals surface area contributed by atoms with Gasteiger partial charge >= 0.3 is 0 Å². The molecule has 0 amide bonds. The number of hydrogen-bond donors (Lipinski definition) is 3. The summed E-state index contributed by atoms with van der Waals surface area (Å²) in [5.41, 5.74) is 10.1. The highest BCUT2D eigenvalue weighted by Crippen LogP contribution is 2.37. The molecule has 1 aromatic heterocycles. The summed E-state index contributed by atoms with van der Waals surface area (Å²) in [5.74, 6) is 1.51. The summed E-state index contributed by atoms with van der Waals surface area (Å²) in [6.07, 6.45) is 2.70. The molecular formula is C20H22N4O2. The Morgan fingerprint density at radius 1 is 1.08 bits per heavy atom. The van der Waals surface area contributed by atoms with E-state index in [1.54, 1.807) is 6.07 Å². The average Bonchev–Trinajstić information content (AvgIpc) is 2.91. The third-order valence-corrected chi connectivity index (χ3v) is 4.86. The van der Waals surface area contributed by atoms with Crippen molar-refractivity contribution >= 4 is 5.69 Å². The minimum absolute atomic E-state index is 0.0230. The number of aryl methyl sites for hydroxylation is 2. The highest BCUT2D eigenvalue weighted by molar-refractivity contribution is 5.68. The van der Waals surface area contributed by atoms with Gasteiger partial charge in [0.2, 0.25) is 0 Å². The normalized spacial score (nSPS) is 13.3. The van der Waals surface area contributed by atoms with Gasteiger partial charge in [-0.2, -0.15) is 0 Å². The second-order valence-corrected chi connectivity index (χ2v) is 7.09. The molecule has 2 aromatic carbocycles. The molecule has 4 rings (SSSR count). The number of phenolic OH excluding ortho intramolecular Hbond substituents is 2. The fraction of sp³-hybridized carbons (Fsp3) is 0.300. The Morgan fingerprint density at radius 3 is 2.65 bits per heavy atom. The Labute approximate surface area is 151 Å². The molecule has 0 bridgehead atoms. The number of aromatic nitrogens is 3. The fourth-order valence-corrected chi connectivity index (χ4v) is 3.50. The number of rotatable bonds is 2. The lowest BCUT2D eigenvalue weighted by molar-refractivity contribution is 0.445. The van der Waals surface area contributed by atoms with Gasteiger partial charge in [0, 0.05) is 18.2 Å². The van der Waals surface area contributed by atoms with E-state index in [2.05, 4.69) is 10.1 Å². The molecule has 0 spiro atoms. The SMILES string of the molecule is CC(C)c1cc(-c2nc3n(n2)-c2ccc(N)cc2CCC3)c(O)cc1O. The summed E-state index contributed by atoms with van der Waals surface area (Å²) in [6.45, 7) is 3.98. The maximum absolute atomic E-state index is 10.3. The quantitative estimate of drug-likeness (QED) is 0.614. The zero-order valence-corrected chi connectivity index (χ0v) is 14.9. The molecule has 0 fully saturated rings. The van der Waals surface area contributed by atoms with Crippen molar-refractivity contribution in [3.05, 3.63) is 47.3 Å². The molecule has 4 N–H and O–H groups in total. The summed E-state index contributed by atoms with van der Waals surface area (Å²) >= 11 is 0. The van der Waals surface area contributed by atoms with E-state index in [-0.39, 0.29) is 17.4 Å². The molecular weight excluding hydrogens is 328 g/mol. The molecule has 0 aliphatic carbocycles. The molecule has 2 heterocycles. The van der Waals surface area contributed by atoms with E-state index in [9.17, 15) is 10.2 Å². The molecule has 3 aromatic rings. The minimum Gasteiger partial charge on any atom is -0.508 e. The van der Waals surface area contributed by atoms with Gasteiger partial charge in [-0.15, -0.1) is 5.10 Å². The van der Waals surface area contributed by atoms with Crippen LogP contribution >= 0.6 is 0 Å². The molecule has 26 heavy (non-hydrogen) atoms. The van der Waals surface area contributed by atoms with E-state index >= 15 is 0 Å². The molecule has 0 atom stereocenters. The molecule has 6 heteroatoms. The maximum atomic E-state index is 10.3. The number of nitrogens with zero attached hydrogens (tertiary/aromatic N) is 3. The first-order valence-corrected chi connectivity index (χ1v) is 8.85. The number of benzene rings is 2. The van der Waals surface area contributed by atoms with Crippen LogP contribution in [0.3, 0.4) is 0 Å². The van der Waals surface area contributed by atoms with Gasteiger partial charge in [-0.1, -0.05) is 13.8 Å². The third kappa shape index (κ3) is 2.67. The molecule has 1 aliphatic heterocycles. The van der Waals surface area contributed by atoms with Crippen molar-refractivity contribution in [1.29, 1.82) is 0 Å². The van der Waals surface area contributed by atoms with Gasteiger partial charge in [-0.05, 0) is 54.2 Å². The Balaban J connectivity index is 1.87. The van der Waals surface area contributed by atoms with E-state index in [1.807, 2.05) is 36.7 Å². The molecule has 134 valence electrons. The number of nitrogen functional groups attached to an aromatic ring is 1. The summed E-state index contributed by atoms with van der Waals surface area (Å²) < 4.78 is 1.85. The monoisotopic (exact) mass is 350 g/mol. The first kappa shape index (κ1) is 16.4. The zero-order valence-electron chi connectivity index (χ0n) is 14.9. The Hall–Kier alpha value is -3.02.